The number of rotatable bonds is 2. The number of hydrogen-bond acceptors (Lipinski definition) is 3. The third kappa shape index (κ3) is 3.79. The van der Waals surface area contributed by atoms with E-state index in [1.807, 2.05) is 4.90 Å². The highest BCUT2D eigenvalue weighted by Crippen LogP contribution is 2.24. The normalized spacial score (nSPS) is 27.9. The van der Waals surface area contributed by atoms with E-state index in [9.17, 15) is 9.59 Å². The number of likely N-dealkylation sites (tertiary alicyclic amines) is 1. The third-order valence-electron chi connectivity index (χ3n) is 5.75. The average molecular weight is 322 g/mol. The summed E-state index contributed by atoms with van der Waals surface area (Å²) in [6.45, 7) is 4.29. The molecule has 0 bridgehead atoms. The SMILES string of the molecule is NC(=O)N1CCC[C@H]1C(=O)N1CCCN(C2CCCCC2)CC1. The average Bonchev–Trinajstić information content (AvgIpc) is 2.93. The largest absolute Gasteiger partial charge is 0.351 e. The van der Waals surface area contributed by atoms with E-state index >= 15 is 0 Å². The summed E-state index contributed by atoms with van der Waals surface area (Å²) < 4.78 is 0. The van der Waals surface area contributed by atoms with E-state index in [-0.39, 0.29) is 11.9 Å². The molecule has 2 heterocycles. The molecule has 130 valence electrons. The van der Waals surface area contributed by atoms with Crippen LogP contribution in [0.2, 0.25) is 0 Å². The minimum Gasteiger partial charge on any atom is -0.351 e. The Kier molecular flexibility index (Phi) is 5.41. The molecular formula is C17H30N4O2. The lowest BCUT2D eigenvalue weighted by molar-refractivity contribution is -0.135. The predicted molar refractivity (Wildman–Crippen MR) is 89.0 cm³/mol. The Labute approximate surface area is 139 Å². The molecule has 0 radical (unpaired) electrons. The molecule has 0 aromatic heterocycles. The molecule has 3 aliphatic rings. The van der Waals surface area contributed by atoms with Gasteiger partial charge >= 0.3 is 6.03 Å². The Morgan fingerprint density at radius 2 is 1.57 bits per heavy atom. The summed E-state index contributed by atoms with van der Waals surface area (Å²) in [5.74, 6) is 0.104. The van der Waals surface area contributed by atoms with Crippen molar-refractivity contribution in [1.82, 2.24) is 14.7 Å². The lowest BCUT2D eigenvalue weighted by atomic mass is 9.94. The molecule has 3 amide bonds. The first-order valence-electron chi connectivity index (χ1n) is 9.26. The number of primary amides is 1. The van der Waals surface area contributed by atoms with Crippen molar-refractivity contribution in [2.45, 2.75) is 63.5 Å². The molecule has 23 heavy (non-hydrogen) atoms. The van der Waals surface area contributed by atoms with Crippen LogP contribution in [0.1, 0.15) is 51.4 Å². The zero-order valence-electron chi connectivity index (χ0n) is 14.1. The van der Waals surface area contributed by atoms with Gasteiger partial charge in [0.15, 0.2) is 0 Å². The van der Waals surface area contributed by atoms with Gasteiger partial charge in [0.05, 0.1) is 0 Å². The second-order valence-corrected chi connectivity index (χ2v) is 7.20. The predicted octanol–water partition coefficient (Wildman–Crippen LogP) is 1.40. The number of carbonyl (C=O) groups is 2. The van der Waals surface area contributed by atoms with E-state index in [1.165, 1.54) is 32.1 Å². The number of carbonyl (C=O) groups excluding carboxylic acids is 2. The number of nitrogens with two attached hydrogens (primary N) is 1. The van der Waals surface area contributed by atoms with Gasteiger partial charge in [-0.1, -0.05) is 19.3 Å². The summed E-state index contributed by atoms with van der Waals surface area (Å²) in [6, 6.07) is -0.0689. The number of hydrogen-bond donors (Lipinski definition) is 1. The van der Waals surface area contributed by atoms with Crippen LogP contribution >= 0.6 is 0 Å². The number of nitrogens with zero attached hydrogens (tertiary/aromatic N) is 3. The fourth-order valence-electron chi connectivity index (χ4n) is 4.47. The van der Waals surface area contributed by atoms with Crippen LogP contribution in [0, 0.1) is 0 Å². The highest BCUT2D eigenvalue weighted by Gasteiger charge is 2.36. The molecule has 2 saturated heterocycles. The molecule has 0 aromatic carbocycles. The van der Waals surface area contributed by atoms with Gasteiger partial charge in [-0.3, -0.25) is 9.69 Å². The molecular weight excluding hydrogens is 292 g/mol. The van der Waals surface area contributed by atoms with Gasteiger partial charge in [0.2, 0.25) is 5.91 Å². The van der Waals surface area contributed by atoms with Crippen molar-refractivity contribution in [3.8, 4) is 0 Å². The molecule has 2 N–H and O–H groups in total. The van der Waals surface area contributed by atoms with E-state index < -0.39 is 6.03 Å². The van der Waals surface area contributed by atoms with Crippen molar-refractivity contribution in [3.63, 3.8) is 0 Å². The maximum absolute atomic E-state index is 12.8. The topological polar surface area (TPSA) is 69.9 Å². The molecule has 6 nitrogen and oxygen atoms in total. The van der Waals surface area contributed by atoms with Gasteiger partial charge in [-0.25, -0.2) is 4.79 Å². The standard InChI is InChI=1S/C17H30N4O2/c18-17(23)21-11-4-8-15(21)16(22)20-10-5-9-19(12-13-20)14-6-2-1-3-7-14/h14-15H,1-13H2,(H2,18,23)/t15-/m0/s1. The Hall–Kier alpha value is -1.30. The Balaban J connectivity index is 1.56. The fourth-order valence-corrected chi connectivity index (χ4v) is 4.47. The molecule has 3 fully saturated rings. The van der Waals surface area contributed by atoms with E-state index in [0.717, 1.165) is 45.4 Å². The van der Waals surface area contributed by atoms with E-state index in [4.69, 9.17) is 5.73 Å². The van der Waals surface area contributed by atoms with Crippen LogP contribution in [0.15, 0.2) is 0 Å². The second-order valence-electron chi connectivity index (χ2n) is 7.20. The summed E-state index contributed by atoms with van der Waals surface area (Å²) in [7, 11) is 0. The van der Waals surface area contributed by atoms with E-state index in [2.05, 4.69) is 4.90 Å². The van der Waals surface area contributed by atoms with Crippen LogP contribution in [-0.2, 0) is 4.79 Å². The molecule has 1 atom stereocenters. The van der Waals surface area contributed by atoms with Crippen LogP contribution in [0.5, 0.6) is 0 Å². The molecule has 2 aliphatic heterocycles. The van der Waals surface area contributed by atoms with Gasteiger partial charge in [0.25, 0.3) is 0 Å². The Bertz CT molecular complexity index is 436. The Morgan fingerprint density at radius 3 is 2.30 bits per heavy atom. The van der Waals surface area contributed by atoms with Crippen LogP contribution < -0.4 is 5.73 Å². The molecule has 0 spiro atoms. The minimum absolute atomic E-state index is 0.104. The molecule has 0 aromatic rings. The molecule has 3 rings (SSSR count). The summed E-state index contributed by atoms with van der Waals surface area (Å²) in [6.07, 6.45) is 9.36. The second kappa shape index (κ2) is 7.51. The fraction of sp³-hybridized carbons (Fsp3) is 0.882. The molecule has 0 unspecified atom stereocenters. The first kappa shape index (κ1) is 16.6. The first-order valence-corrected chi connectivity index (χ1v) is 9.26. The zero-order valence-corrected chi connectivity index (χ0v) is 14.1. The minimum atomic E-state index is -0.459. The zero-order chi connectivity index (χ0) is 16.2. The van der Waals surface area contributed by atoms with Crippen molar-refractivity contribution in [2.24, 2.45) is 5.73 Å². The van der Waals surface area contributed by atoms with Gasteiger partial charge in [-0.2, -0.15) is 0 Å². The van der Waals surface area contributed by atoms with E-state index in [0.29, 0.717) is 12.6 Å². The van der Waals surface area contributed by atoms with Crippen molar-refractivity contribution in [2.75, 3.05) is 32.7 Å². The summed E-state index contributed by atoms with van der Waals surface area (Å²) in [4.78, 5) is 30.4. The van der Waals surface area contributed by atoms with Crippen molar-refractivity contribution in [1.29, 1.82) is 0 Å². The van der Waals surface area contributed by atoms with Crippen molar-refractivity contribution >= 4 is 11.9 Å². The van der Waals surface area contributed by atoms with Gasteiger partial charge in [0.1, 0.15) is 6.04 Å². The van der Waals surface area contributed by atoms with Crippen molar-refractivity contribution in [3.05, 3.63) is 0 Å². The number of amides is 3. The van der Waals surface area contributed by atoms with Crippen LogP contribution in [-0.4, -0.2) is 71.4 Å². The molecule has 6 heteroatoms. The smallest absolute Gasteiger partial charge is 0.315 e. The molecule has 1 saturated carbocycles. The molecule has 1 aliphatic carbocycles. The Morgan fingerprint density at radius 1 is 0.783 bits per heavy atom. The quantitative estimate of drug-likeness (QED) is 0.835. The lowest BCUT2D eigenvalue weighted by Crippen LogP contribution is -2.50. The lowest BCUT2D eigenvalue weighted by Gasteiger charge is -2.33. The van der Waals surface area contributed by atoms with Crippen LogP contribution in [0.25, 0.3) is 0 Å². The summed E-state index contributed by atoms with van der Waals surface area (Å²) >= 11 is 0. The monoisotopic (exact) mass is 322 g/mol. The van der Waals surface area contributed by atoms with Gasteiger partial charge < -0.3 is 15.5 Å². The highest BCUT2D eigenvalue weighted by molar-refractivity contribution is 5.87. The number of urea groups is 1. The van der Waals surface area contributed by atoms with Crippen LogP contribution in [0.4, 0.5) is 4.79 Å². The maximum atomic E-state index is 12.8. The van der Waals surface area contributed by atoms with Crippen molar-refractivity contribution < 1.29 is 9.59 Å². The van der Waals surface area contributed by atoms with Crippen LogP contribution in [0.3, 0.4) is 0 Å². The summed E-state index contributed by atoms with van der Waals surface area (Å²) in [5.41, 5.74) is 5.41. The first-order chi connectivity index (χ1) is 11.2. The highest BCUT2D eigenvalue weighted by atomic mass is 16.2. The summed E-state index contributed by atoms with van der Waals surface area (Å²) in [5, 5.41) is 0. The van der Waals surface area contributed by atoms with Gasteiger partial charge in [-0.05, 0) is 32.1 Å². The third-order valence-corrected chi connectivity index (χ3v) is 5.75. The van der Waals surface area contributed by atoms with Gasteiger partial charge in [-0.15, -0.1) is 0 Å². The maximum Gasteiger partial charge on any atom is 0.315 e. The van der Waals surface area contributed by atoms with E-state index in [1.54, 1.807) is 4.90 Å². The van der Waals surface area contributed by atoms with Gasteiger partial charge in [0, 0.05) is 38.8 Å².